The molecule has 0 radical (unpaired) electrons. The fourth-order valence-corrected chi connectivity index (χ4v) is 4.22. The third-order valence-electron chi connectivity index (χ3n) is 5.63. The van der Waals surface area contributed by atoms with E-state index in [4.69, 9.17) is 0 Å². The average molecular weight is 289 g/mol. The highest BCUT2D eigenvalue weighted by molar-refractivity contribution is 5.83. The van der Waals surface area contributed by atoms with E-state index in [1.807, 2.05) is 0 Å². The van der Waals surface area contributed by atoms with Crippen molar-refractivity contribution in [1.29, 1.82) is 0 Å². The van der Waals surface area contributed by atoms with Crippen LogP contribution in [-0.4, -0.2) is 52.2 Å². The van der Waals surface area contributed by atoms with Crippen LogP contribution in [-0.2, 0) is 4.79 Å². The molecule has 3 fully saturated rings. The van der Waals surface area contributed by atoms with E-state index in [1.165, 1.54) is 38.4 Å². The molecule has 1 aromatic heterocycles. The monoisotopic (exact) mass is 289 g/mol. The molecule has 21 heavy (non-hydrogen) atoms. The molecule has 2 saturated carbocycles. The standard InChI is InChI=1S/C15H23N5O/c21-13(12-10-15(12)4-2-1-3-5-15)19-6-8-20(9-7-19)14-16-11-17-18-14/h11-12H,1-10H2,(H,16,17,18). The van der Waals surface area contributed by atoms with Gasteiger partial charge in [-0.15, -0.1) is 0 Å². The normalized spacial score (nSPS) is 27.9. The van der Waals surface area contributed by atoms with E-state index in [-0.39, 0.29) is 0 Å². The number of anilines is 1. The number of amides is 1. The molecule has 2 aliphatic carbocycles. The van der Waals surface area contributed by atoms with E-state index < -0.39 is 0 Å². The summed E-state index contributed by atoms with van der Waals surface area (Å²) >= 11 is 0. The molecule has 1 aliphatic heterocycles. The van der Waals surface area contributed by atoms with Crippen LogP contribution in [0.2, 0.25) is 0 Å². The summed E-state index contributed by atoms with van der Waals surface area (Å²) in [5.41, 5.74) is 0.400. The lowest BCUT2D eigenvalue weighted by atomic mass is 9.84. The van der Waals surface area contributed by atoms with Gasteiger partial charge in [0.25, 0.3) is 0 Å². The highest BCUT2D eigenvalue weighted by atomic mass is 16.2. The second-order valence-electron chi connectivity index (χ2n) is 6.80. The Balaban J connectivity index is 1.33. The number of rotatable bonds is 2. The smallest absolute Gasteiger partial charge is 0.226 e. The molecule has 1 spiro atoms. The molecular formula is C15H23N5O. The fourth-order valence-electron chi connectivity index (χ4n) is 4.22. The van der Waals surface area contributed by atoms with E-state index in [0.29, 0.717) is 17.2 Å². The molecule has 1 amide bonds. The third kappa shape index (κ3) is 2.30. The van der Waals surface area contributed by atoms with Gasteiger partial charge in [-0.3, -0.25) is 4.79 Å². The Hall–Kier alpha value is -1.59. The number of nitrogens with zero attached hydrogens (tertiary/aromatic N) is 4. The Morgan fingerprint density at radius 1 is 1.19 bits per heavy atom. The summed E-state index contributed by atoms with van der Waals surface area (Å²) in [6.45, 7) is 3.32. The summed E-state index contributed by atoms with van der Waals surface area (Å²) in [5, 5.41) is 6.78. The number of hydrogen-bond donors (Lipinski definition) is 1. The van der Waals surface area contributed by atoms with Crippen molar-refractivity contribution in [3.05, 3.63) is 6.33 Å². The number of carbonyl (C=O) groups is 1. The van der Waals surface area contributed by atoms with Crippen molar-refractivity contribution in [3.63, 3.8) is 0 Å². The average Bonchev–Trinajstić information content (AvgIpc) is 2.99. The Kier molecular flexibility index (Phi) is 3.12. The van der Waals surface area contributed by atoms with E-state index in [9.17, 15) is 4.79 Å². The molecule has 2 heterocycles. The van der Waals surface area contributed by atoms with Crippen LogP contribution in [0.3, 0.4) is 0 Å². The summed E-state index contributed by atoms with van der Waals surface area (Å²) in [4.78, 5) is 21.1. The topological polar surface area (TPSA) is 65.1 Å². The fraction of sp³-hybridized carbons (Fsp3) is 0.800. The molecule has 3 aliphatic rings. The summed E-state index contributed by atoms with van der Waals surface area (Å²) in [6.07, 6.45) is 9.24. The van der Waals surface area contributed by atoms with Gasteiger partial charge in [-0.05, 0) is 24.7 Å². The lowest BCUT2D eigenvalue weighted by Crippen LogP contribution is -2.50. The van der Waals surface area contributed by atoms with Crippen molar-refractivity contribution < 1.29 is 4.79 Å². The zero-order valence-corrected chi connectivity index (χ0v) is 12.4. The Morgan fingerprint density at radius 3 is 2.62 bits per heavy atom. The lowest BCUT2D eigenvalue weighted by Gasteiger charge is -2.35. The second kappa shape index (κ2) is 5.00. The van der Waals surface area contributed by atoms with Crippen molar-refractivity contribution >= 4 is 11.9 Å². The molecular weight excluding hydrogens is 266 g/mol. The maximum atomic E-state index is 12.7. The third-order valence-corrected chi connectivity index (χ3v) is 5.63. The number of aromatic nitrogens is 3. The van der Waals surface area contributed by atoms with Crippen LogP contribution < -0.4 is 4.90 Å². The van der Waals surface area contributed by atoms with Crippen LogP contribution in [0.5, 0.6) is 0 Å². The van der Waals surface area contributed by atoms with Crippen LogP contribution in [0, 0.1) is 11.3 Å². The highest BCUT2D eigenvalue weighted by Gasteiger charge is 2.58. The summed E-state index contributed by atoms with van der Waals surface area (Å²) < 4.78 is 0. The number of carbonyl (C=O) groups excluding carboxylic acids is 1. The maximum Gasteiger partial charge on any atom is 0.226 e. The minimum absolute atomic E-state index is 0.328. The zero-order chi connectivity index (χ0) is 14.3. The Bertz CT molecular complexity index is 500. The quantitative estimate of drug-likeness (QED) is 0.894. The molecule has 0 bridgehead atoms. The zero-order valence-electron chi connectivity index (χ0n) is 12.4. The maximum absolute atomic E-state index is 12.7. The van der Waals surface area contributed by atoms with Crippen molar-refractivity contribution in [2.45, 2.75) is 38.5 Å². The molecule has 1 aromatic rings. The molecule has 114 valence electrons. The molecule has 6 heteroatoms. The van der Waals surface area contributed by atoms with E-state index in [2.05, 4.69) is 25.0 Å². The number of nitrogens with one attached hydrogen (secondary N) is 1. The number of H-pyrrole nitrogens is 1. The SMILES string of the molecule is O=C(C1CC12CCCCC2)N1CCN(c2ncn[nH]2)CC1. The summed E-state index contributed by atoms with van der Waals surface area (Å²) in [6, 6.07) is 0. The van der Waals surface area contributed by atoms with Crippen molar-refractivity contribution in [2.24, 2.45) is 11.3 Å². The van der Waals surface area contributed by atoms with Crippen LogP contribution >= 0.6 is 0 Å². The first-order valence-corrected chi connectivity index (χ1v) is 8.18. The number of hydrogen-bond acceptors (Lipinski definition) is 4. The molecule has 1 N–H and O–H groups in total. The minimum atomic E-state index is 0.328. The largest absolute Gasteiger partial charge is 0.339 e. The van der Waals surface area contributed by atoms with Gasteiger partial charge < -0.3 is 9.80 Å². The van der Waals surface area contributed by atoms with E-state index in [0.717, 1.165) is 38.5 Å². The molecule has 1 saturated heterocycles. The molecule has 4 rings (SSSR count). The van der Waals surface area contributed by atoms with Crippen LogP contribution in [0.1, 0.15) is 38.5 Å². The predicted molar refractivity (Wildman–Crippen MR) is 78.8 cm³/mol. The number of piperazine rings is 1. The molecule has 1 unspecified atom stereocenters. The van der Waals surface area contributed by atoms with Gasteiger partial charge in [0.05, 0.1) is 0 Å². The Labute approximate surface area is 124 Å². The van der Waals surface area contributed by atoms with Crippen LogP contribution in [0.25, 0.3) is 0 Å². The van der Waals surface area contributed by atoms with Gasteiger partial charge in [-0.2, -0.15) is 10.1 Å². The van der Waals surface area contributed by atoms with Crippen molar-refractivity contribution in [2.75, 3.05) is 31.1 Å². The molecule has 6 nitrogen and oxygen atoms in total. The summed E-state index contributed by atoms with van der Waals surface area (Å²) in [5.74, 6) is 1.56. The van der Waals surface area contributed by atoms with Gasteiger partial charge in [0.2, 0.25) is 11.9 Å². The first-order chi connectivity index (χ1) is 10.3. The van der Waals surface area contributed by atoms with Crippen molar-refractivity contribution in [3.8, 4) is 0 Å². The molecule has 0 aromatic carbocycles. The second-order valence-corrected chi connectivity index (χ2v) is 6.80. The van der Waals surface area contributed by atoms with Gasteiger partial charge in [0, 0.05) is 32.1 Å². The first-order valence-electron chi connectivity index (χ1n) is 8.18. The minimum Gasteiger partial charge on any atom is -0.339 e. The first kappa shape index (κ1) is 13.1. The summed E-state index contributed by atoms with van der Waals surface area (Å²) in [7, 11) is 0. The van der Waals surface area contributed by atoms with Crippen molar-refractivity contribution in [1.82, 2.24) is 20.1 Å². The van der Waals surface area contributed by atoms with Gasteiger partial charge in [-0.25, -0.2) is 5.10 Å². The molecule has 1 atom stereocenters. The van der Waals surface area contributed by atoms with Gasteiger partial charge in [-0.1, -0.05) is 19.3 Å². The van der Waals surface area contributed by atoms with Crippen LogP contribution in [0.4, 0.5) is 5.95 Å². The Morgan fingerprint density at radius 2 is 1.95 bits per heavy atom. The van der Waals surface area contributed by atoms with Gasteiger partial charge >= 0.3 is 0 Å². The van der Waals surface area contributed by atoms with Gasteiger partial charge in [0.1, 0.15) is 6.33 Å². The lowest BCUT2D eigenvalue weighted by molar-refractivity contribution is -0.134. The van der Waals surface area contributed by atoms with E-state index >= 15 is 0 Å². The predicted octanol–water partition coefficient (Wildman–Crippen LogP) is 1.42. The van der Waals surface area contributed by atoms with Gasteiger partial charge in [0.15, 0.2) is 0 Å². The van der Waals surface area contributed by atoms with E-state index in [1.54, 1.807) is 0 Å². The van der Waals surface area contributed by atoms with Crippen LogP contribution in [0.15, 0.2) is 6.33 Å². The highest BCUT2D eigenvalue weighted by Crippen LogP contribution is 2.61. The number of aromatic amines is 1.